The van der Waals surface area contributed by atoms with E-state index >= 15 is 0 Å². The van der Waals surface area contributed by atoms with Crippen molar-refractivity contribution in [3.05, 3.63) is 83.9 Å². The molecule has 0 radical (unpaired) electrons. The summed E-state index contributed by atoms with van der Waals surface area (Å²) in [5, 5.41) is 1.61. The van der Waals surface area contributed by atoms with Crippen molar-refractivity contribution < 1.29 is 28.5 Å². The van der Waals surface area contributed by atoms with E-state index < -0.39 is 25.9 Å². The van der Waals surface area contributed by atoms with E-state index in [4.69, 9.17) is 32.0 Å². The smallest absolute Gasteiger partial charge is 0.372 e. The van der Waals surface area contributed by atoms with E-state index in [0.29, 0.717) is 16.5 Å². The summed E-state index contributed by atoms with van der Waals surface area (Å²) >= 11 is 5.93. The van der Waals surface area contributed by atoms with Gasteiger partial charge < -0.3 is 20.4 Å². The molecular formula is C22H22ClN2O6P. The number of benzene rings is 3. The third-order valence-electron chi connectivity index (χ3n) is 4.42. The molecule has 0 aliphatic heterocycles. The van der Waals surface area contributed by atoms with E-state index in [-0.39, 0.29) is 0 Å². The van der Waals surface area contributed by atoms with E-state index in [0.717, 1.165) is 16.2 Å². The first kappa shape index (κ1) is 23.9. The van der Waals surface area contributed by atoms with Gasteiger partial charge in [-0.3, -0.25) is 9.32 Å². The van der Waals surface area contributed by atoms with Gasteiger partial charge in [0.25, 0.3) is 5.91 Å². The second-order valence-electron chi connectivity index (χ2n) is 7.24. The molecule has 0 spiro atoms. The van der Waals surface area contributed by atoms with Crippen molar-refractivity contribution in [3.8, 4) is 16.9 Å². The number of hydrogen-bond donors (Lipinski definition) is 3. The Balaban J connectivity index is 1.84. The molecule has 0 saturated heterocycles. The van der Waals surface area contributed by atoms with Gasteiger partial charge >= 0.3 is 7.82 Å². The van der Waals surface area contributed by atoms with E-state index in [1.165, 1.54) is 6.92 Å². The van der Waals surface area contributed by atoms with Gasteiger partial charge in [0.05, 0.1) is 12.3 Å². The summed E-state index contributed by atoms with van der Waals surface area (Å²) in [6, 6.07) is 22.8. The first-order chi connectivity index (χ1) is 15.0. The molecule has 1 atom stereocenters. The number of phosphoric ester groups is 1. The third kappa shape index (κ3) is 6.40. The first-order valence-electron chi connectivity index (χ1n) is 9.48. The average Bonchev–Trinajstić information content (AvgIpc) is 2.77. The van der Waals surface area contributed by atoms with Crippen molar-refractivity contribution in [3.63, 3.8) is 0 Å². The van der Waals surface area contributed by atoms with Gasteiger partial charge in [-0.25, -0.2) is 4.57 Å². The van der Waals surface area contributed by atoms with Crippen molar-refractivity contribution in [1.29, 1.82) is 0 Å². The molecule has 0 aliphatic carbocycles. The molecule has 8 nitrogen and oxygen atoms in total. The number of nitrogens with zero attached hydrogens (tertiary/aromatic N) is 1. The summed E-state index contributed by atoms with van der Waals surface area (Å²) in [5.41, 5.74) is 6.51. The van der Waals surface area contributed by atoms with Crippen LogP contribution in [0.5, 0.6) is 5.75 Å². The molecule has 3 rings (SSSR count). The predicted octanol–water partition coefficient (Wildman–Crippen LogP) is 4.16. The highest BCUT2D eigenvalue weighted by atomic mass is 35.5. The number of carbonyl (C=O) groups excluding carboxylic acids is 1. The summed E-state index contributed by atoms with van der Waals surface area (Å²) in [7, 11) is -4.81. The molecule has 3 aromatic rings. The van der Waals surface area contributed by atoms with Crippen LogP contribution in [-0.2, 0) is 13.9 Å². The molecule has 1 unspecified atom stereocenters. The Morgan fingerprint density at radius 3 is 2.06 bits per heavy atom. The minimum Gasteiger partial charge on any atom is -0.372 e. The maximum absolute atomic E-state index is 13.1. The highest BCUT2D eigenvalue weighted by Crippen LogP contribution is 2.37. The lowest BCUT2D eigenvalue weighted by Crippen LogP contribution is -2.57. The van der Waals surface area contributed by atoms with Crippen LogP contribution in [0.3, 0.4) is 0 Å². The summed E-state index contributed by atoms with van der Waals surface area (Å²) in [5.74, 6) is -0.398. The minimum absolute atomic E-state index is 0.353. The highest BCUT2D eigenvalue weighted by molar-refractivity contribution is 7.46. The van der Waals surface area contributed by atoms with Gasteiger partial charge in [0.1, 0.15) is 5.54 Å². The molecule has 0 bridgehead atoms. The minimum atomic E-state index is -4.81. The molecule has 0 aromatic heterocycles. The lowest BCUT2D eigenvalue weighted by molar-refractivity contribution is -0.128. The van der Waals surface area contributed by atoms with Crippen molar-refractivity contribution in [2.24, 2.45) is 5.73 Å². The van der Waals surface area contributed by atoms with Gasteiger partial charge in [-0.05, 0) is 54.4 Å². The van der Waals surface area contributed by atoms with Crippen molar-refractivity contribution in [2.45, 2.75) is 12.5 Å². The van der Waals surface area contributed by atoms with Crippen LogP contribution in [0.15, 0.2) is 78.9 Å². The number of amides is 1. The number of hydroxylamine groups is 1. The molecule has 4 N–H and O–H groups in total. The van der Waals surface area contributed by atoms with Gasteiger partial charge in [0, 0.05) is 5.02 Å². The van der Waals surface area contributed by atoms with Gasteiger partial charge in [0.15, 0.2) is 5.75 Å². The fourth-order valence-corrected chi connectivity index (χ4v) is 3.31. The topological polar surface area (TPSA) is 122 Å². The molecule has 0 heterocycles. The fraction of sp³-hybridized carbons (Fsp3) is 0.136. The molecule has 32 heavy (non-hydrogen) atoms. The van der Waals surface area contributed by atoms with Crippen LogP contribution >= 0.6 is 19.4 Å². The van der Waals surface area contributed by atoms with Crippen LogP contribution in [0.2, 0.25) is 5.02 Å². The van der Waals surface area contributed by atoms with Crippen molar-refractivity contribution in [2.75, 3.05) is 11.7 Å². The highest BCUT2D eigenvalue weighted by Gasteiger charge is 2.37. The van der Waals surface area contributed by atoms with Gasteiger partial charge in [-0.1, -0.05) is 54.1 Å². The molecular weight excluding hydrogens is 455 g/mol. The standard InChI is InChI=1S/C22H22ClN2O6P/c1-22(24,15-30-32(27,28)29)21(26)25(19-5-3-2-4-6-19)31-20-13-9-17(10-14-20)16-7-11-18(23)12-8-16/h2-14H,15,24H2,1H3,(H2,27,28,29). The third-order valence-corrected chi connectivity index (χ3v) is 5.14. The number of anilines is 1. The number of carbonyl (C=O) groups is 1. The fourth-order valence-electron chi connectivity index (χ4n) is 2.74. The van der Waals surface area contributed by atoms with Gasteiger partial charge in [0.2, 0.25) is 0 Å². The predicted molar refractivity (Wildman–Crippen MR) is 122 cm³/mol. The zero-order valence-electron chi connectivity index (χ0n) is 17.1. The lowest BCUT2D eigenvalue weighted by Gasteiger charge is -2.30. The summed E-state index contributed by atoms with van der Waals surface area (Å²) in [6.07, 6.45) is 0. The SMILES string of the molecule is CC(N)(COP(=O)(O)O)C(=O)N(Oc1ccc(-c2ccc(Cl)cc2)cc1)c1ccccc1. The first-order valence-corrected chi connectivity index (χ1v) is 11.4. The van der Waals surface area contributed by atoms with E-state index in [1.54, 1.807) is 54.6 Å². The number of hydrogen-bond acceptors (Lipinski definition) is 5. The van der Waals surface area contributed by atoms with E-state index in [9.17, 15) is 9.36 Å². The zero-order chi connectivity index (χ0) is 23.4. The Labute approximate surface area is 190 Å². The monoisotopic (exact) mass is 476 g/mol. The largest absolute Gasteiger partial charge is 0.469 e. The van der Waals surface area contributed by atoms with Gasteiger partial charge in [-0.15, -0.1) is 5.06 Å². The van der Waals surface area contributed by atoms with E-state index in [1.807, 2.05) is 24.3 Å². The molecule has 168 valence electrons. The average molecular weight is 477 g/mol. The van der Waals surface area contributed by atoms with Crippen molar-refractivity contribution >= 4 is 31.0 Å². The summed E-state index contributed by atoms with van der Waals surface area (Å²) in [6.45, 7) is 0.590. The number of halogens is 1. The quantitative estimate of drug-likeness (QED) is 0.329. The maximum Gasteiger partial charge on any atom is 0.469 e. The molecule has 0 saturated carbocycles. The van der Waals surface area contributed by atoms with Crippen molar-refractivity contribution in [1.82, 2.24) is 0 Å². The van der Waals surface area contributed by atoms with Crippen LogP contribution < -0.4 is 15.6 Å². The van der Waals surface area contributed by atoms with Crippen LogP contribution in [0.4, 0.5) is 5.69 Å². The van der Waals surface area contributed by atoms with Crippen LogP contribution in [-0.4, -0.2) is 27.8 Å². The Kier molecular flexibility index (Phi) is 7.36. The molecule has 0 fully saturated rings. The van der Waals surface area contributed by atoms with Gasteiger partial charge in [-0.2, -0.15) is 0 Å². The second-order valence-corrected chi connectivity index (χ2v) is 8.91. The number of rotatable bonds is 8. The normalized spacial score (nSPS) is 13.3. The molecule has 10 heteroatoms. The van der Waals surface area contributed by atoms with E-state index in [2.05, 4.69) is 4.52 Å². The Morgan fingerprint density at radius 2 is 1.53 bits per heavy atom. The molecule has 0 aliphatic rings. The van der Waals surface area contributed by atoms with Crippen LogP contribution in [0.25, 0.3) is 11.1 Å². The number of para-hydroxylation sites is 1. The summed E-state index contributed by atoms with van der Waals surface area (Å²) < 4.78 is 15.5. The molecule has 3 aromatic carbocycles. The Morgan fingerprint density at radius 1 is 1.00 bits per heavy atom. The van der Waals surface area contributed by atoms with Crippen LogP contribution in [0, 0.1) is 0 Å². The Hall–Kier alpha value is -2.71. The number of phosphoric acid groups is 1. The Bertz CT molecular complexity index is 1100. The lowest BCUT2D eigenvalue weighted by atomic mass is 10.0. The zero-order valence-corrected chi connectivity index (χ0v) is 18.7. The van der Waals surface area contributed by atoms with Crippen LogP contribution in [0.1, 0.15) is 6.92 Å². The second kappa shape index (κ2) is 9.83. The number of nitrogens with two attached hydrogens (primary N) is 1. The maximum atomic E-state index is 13.1. The molecule has 1 amide bonds. The summed E-state index contributed by atoms with van der Waals surface area (Å²) in [4.78, 5) is 36.9.